The van der Waals surface area contributed by atoms with Gasteiger partial charge < -0.3 is 30.2 Å². The number of rotatable bonds is 7. The minimum absolute atomic E-state index is 0.0796. The van der Waals surface area contributed by atoms with Gasteiger partial charge in [-0.25, -0.2) is 4.79 Å². The molecule has 0 atom stereocenters. The predicted molar refractivity (Wildman–Crippen MR) is 103 cm³/mol. The van der Waals surface area contributed by atoms with Crippen molar-refractivity contribution in [2.75, 3.05) is 32.0 Å². The average molecular weight is 359 g/mol. The van der Waals surface area contributed by atoms with E-state index in [2.05, 4.69) is 16.0 Å². The first-order valence-electron chi connectivity index (χ1n) is 8.21. The van der Waals surface area contributed by atoms with Gasteiger partial charge in [0.25, 0.3) is 0 Å². The van der Waals surface area contributed by atoms with E-state index >= 15 is 0 Å². The van der Waals surface area contributed by atoms with Crippen molar-refractivity contribution in [1.82, 2.24) is 5.32 Å². The Labute approximate surface area is 153 Å². The molecule has 140 valence electrons. The fourth-order valence-corrected chi connectivity index (χ4v) is 2.39. The lowest BCUT2D eigenvalue weighted by molar-refractivity contribution is 0.250. The summed E-state index contributed by atoms with van der Waals surface area (Å²) < 4.78 is 16.0. The molecule has 0 aromatic heterocycles. The highest BCUT2D eigenvalue weighted by Gasteiger charge is 2.13. The van der Waals surface area contributed by atoms with Gasteiger partial charge in [0.15, 0.2) is 11.5 Å². The molecule has 0 spiro atoms. The standard InChI is InChI=1S/C19H25N3O4/c1-12(2)20-19(23)22-14-8-6-13(7-9-14)21-15-10-16(24-3)18(26-5)17(11-15)25-4/h6-12,21H,1-5H3,(H2,20,22,23). The first-order valence-corrected chi connectivity index (χ1v) is 8.21. The molecule has 7 nitrogen and oxygen atoms in total. The molecule has 0 aliphatic carbocycles. The highest BCUT2D eigenvalue weighted by molar-refractivity contribution is 5.89. The van der Waals surface area contributed by atoms with Crippen molar-refractivity contribution in [2.24, 2.45) is 0 Å². The summed E-state index contributed by atoms with van der Waals surface area (Å²) in [5.41, 5.74) is 2.35. The zero-order chi connectivity index (χ0) is 19.1. The molecule has 2 amide bonds. The molecule has 2 rings (SSSR count). The lowest BCUT2D eigenvalue weighted by Gasteiger charge is -2.15. The summed E-state index contributed by atoms with van der Waals surface area (Å²) in [4.78, 5) is 11.7. The average Bonchev–Trinajstić information content (AvgIpc) is 2.61. The molecule has 0 fully saturated rings. The van der Waals surface area contributed by atoms with E-state index in [4.69, 9.17) is 14.2 Å². The molecule has 2 aromatic rings. The van der Waals surface area contributed by atoms with Gasteiger partial charge in [-0.3, -0.25) is 0 Å². The van der Waals surface area contributed by atoms with Crippen LogP contribution in [0.25, 0.3) is 0 Å². The third kappa shape index (κ3) is 4.95. The van der Waals surface area contributed by atoms with E-state index in [1.807, 2.05) is 50.2 Å². The number of amides is 2. The van der Waals surface area contributed by atoms with Crippen LogP contribution in [0.5, 0.6) is 17.2 Å². The number of anilines is 3. The van der Waals surface area contributed by atoms with Crippen LogP contribution in [0, 0.1) is 0 Å². The highest BCUT2D eigenvalue weighted by Crippen LogP contribution is 2.40. The van der Waals surface area contributed by atoms with E-state index in [1.54, 1.807) is 21.3 Å². The van der Waals surface area contributed by atoms with Crippen LogP contribution >= 0.6 is 0 Å². The molecule has 0 saturated carbocycles. The number of urea groups is 1. The Kier molecular flexibility index (Phi) is 6.54. The Bertz CT molecular complexity index is 720. The maximum absolute atomic E-state index is 11.7. The molecule has 0 bridgehead atoms. The molecule has 3 N–H and O–H groups in total. The Hall–Kier alpha value is -3.09. The monoisotopic (exact) mass is 359 g/mol. The Morgan fingerprint density at radius 2 is 1.38 bits per heavy atom. The number of hydrogen-bond donors (Lipinski definition) is 3. The number of nitrogens with one attached hydrogen (secondary N) is 3. The maximum Gasteiger partial charge on any atom is 0.319 e. The van der Waals surface area contributed by atoms with Crippen molar-refractivity contribution < 1.29 is 19.0 Å². The van der Waals surface area contributed by atoms with Crippen LogP contribution in [0.15, 0.2) is 36.4 Å². The van der Waals surface area contributed by atoms with Crippen LogP contribution in [-0.4, -0.2) is 33.4 Å². The minimum Gasteiger partial charge on any atom is -0.493 e. The van der Waals surface area contributed by atoms with E-state index in [9.17, 15) is 4.79 Å². The second-order valence-corrected chi connectivity index (χ2v) is 5.87. The zero-order valence-corrected chi connectivity index (χ0v) is 15.7. The summed E-state index contributed by atoms with van der Waals surface area (Å²) in [5, 5.41) is 8.83. The summed E-state index contributed by atoms with van der Waals surface area (Å²) in [5.74, 6) is 1.67. The first kappa shape index (κ1) is 19.2. The number of methoxy groups -OCH3 is 3. The fourth-order valence-electron chi connectivity index (χ4n) is 2.39. The number of benzene rings is 2. The molecule has 7 heteroatoms. The van der Waals surface area contributed by atoms with Crippen LogP contribution < -0.4 is 30.2 Å². The normalized spacial score (nSPS) is 10.2. The molecule has 26 heavy (non-hydrogen) atoms. The second kappa shape index (κ2) is 8.84. The minimum atomic E-state index is -0.231. The van der Waals surface area contributed by atoms with Crippen molar-refractivity contribution in [3.8, 4) is 17.2 Å². The van der Waals surface area contributed by atoms with Gasteiger partial charge in [0.2, 0.25) is 5.75 Å². The zero-order valence-electron chi connectivity index (χ0n) is 15.7. The van der Waals surface area contributed by atoms with Crippen LogP contribution in [-0.2, 0) is 0 Å². The van der Waals surface area contributed by atoms with Gasteiger partial charge in [-0.15, -0.1) is 0 Å². The van der Waals surface area contributed by atoms with E-state index in [1.165, 1.54) is 0 Å². The quantitative estimate of drug-likeness (QED) is 0.696. The summed E-state index contributed by atoms with van der Waals surface area (Å²) in [6.07, 6.45) is 0. The van der Waals surface area contributed by atoms with Crippen LogP contribution in [0.3, 0.4) is 0 Å². The van der Waals surface area contributed by atoms with Crippen molar-refractivity contribution >= 4 is 23.1 Å². The third-order valence-electron chi connectivity index (χ3n) is 3.52. The topological polar surface area (TPSA) is 80.9 Å². The number of ether oxygens (including phenoxy) is 3. The molecular weight excluding hydrogens is 334 g/mol. The molecule has 0 saturated heterocycles. The van der Waals surface area contributed by atoms with Gasteiger partial charge in [0.1, 0.15) is 0 Å². The lowest BCUT2D eigenvalue weighted by atomic mass is 10.2. The van der Waals surface area contributed by atoms with E-state index in [0.717, 1.165) is 11.4 Å². The molecule has 0 aliphatic heterocycles. The van der Waals surface area contributed by atoms with Crippen LogP contribution in [0.4, 0.5) is 21.9 Å². The van der Waals surface area contributed by atoms with Gasteiger partial charge in [-0.1, -0.05) is 0 Å². The van der Waals surface area contributed by atoms with E-state index < -0.39 is 0 Å². The van der Waals surface area contributed by atoms with Gasteiger partial charge in [-0.2, -0.15) is 0 Å². The van der Waals surface area contributed by atoms with Gasteiger partial charge >= 0.3 is 6.03 Å². The van der Waals surface area contributed by atoms with Crippen molar-refractivity contribution in [1.29, 1.82) is 0 Å². The molecule has 0 radical (unpaired) electrons. The highest BCUT2D eigenvalue weighted by atomic mass is 16.5. The van der Waals surface area contributed by atoms with Crippen molar-refractivity contribution in [2.45, 2.75) is 19.9 Å². The second-order valence-electron chi connectivity index (χ2n) is 5.87. The van der Waals surface area contributed by atoms with Gasteiger partial charge in [-0.05, 0) is 38.1 Å². The Morgan fingerprint density at radius 1 is 0.846 bits per heavy atom. The van der Waals surface area contributed by atoms with Gasteiger partial charge in [0.05, 0.1) is 21.3 Å². The van der Waals surface area contributed by atoms with Crippen LogP contribution in [0.2, 0.25) is 0 Å². The third-order valence-corrected chi connectivity index (χ3v) is 3.52. The largest absolute Gasteiger partial charge is 0.493 e. The van der Waals surface area contributed by atoms with Crippen molar-refractivity contribution in [3.05, 3.63) is 36.4 Å². The summed E-state index contributed by atoms with van der Waals surface area (Å²) >= 11 is 0. The molecular formula is C19H25N3O4. The summed E-state index contributed by atoms with van der Waals surface area (Å²) in [7, 11) is 4.71. The number of hydrogen-bond acceptors (Lipinski definition) is 5. The Morgan fingerprint density at radius 3 is 1.85 bits per heavy atom. The molecule has 2 aromatic carbocycles. The molecule has 0 heterocycles. The van der Waals surface area contributed by atoms with Crippen molar-refractivity contribution in [3.63, 3.8) is 0 Å². The van der Waals surface area contributed by atoms with E-state index in [0.29, 0.717) is 22.9 Å². The summed E-state index contributed by atoms with van der Waals surface area (Å²) in [6.45, 7) is 3.81. The van der Waals surface area contributed by atoms with E-state index in [-0.39, 0.29) is 12.1 Å². The Balaban J connectivity index is 2.12. The fraction of sp³-hybridized carbons (Fsp3) is 0.316. The molecule has 0 unspecified atom stereocenters. The maximum atomic E-state index is 11.7. The predicted octanol–water partition coefficient (Wildman–Crippen LogP) is 3.99. The first-order chi connectivity index (χ1) is 12.5. The molecule has 0 aliphatic rings. The SMILES string of the molecule is COc1cc(Nc2ccc(NC(=O)NC(C)C)cc2)cc(OC)c1OC. The van der Waals surface area contributed by atoms with Crippen LogP contribution in [0.1, 0.15) is 13.8 Å². The number of carbonyl (C=O) groups excluding carboxylic acids is 1. The number of carbonyl (C=O) groups is 1. The lowest BCUT2D eigenvalue weighted by Crippen LogP contribution is -2.34. The smallest absolute Gasteiger partial charge is 0.319 e. The van der Waals surface area contributed by atoms with Gasteiger partial charge in [0, 0.05) is 35.2 Å². The summed E-state index contributed by atoms with van der Waals surface area (Å²) in [6, 6.07) is 10.9.